The molecule has 0 aliphatic carbocycles. The first-order valence-electron chi connectivity index (χ1n) is 33.3. The minimum Gasteiger partial charge on any atom is -0.390 e. The van der Waals surface area contributed by atoms with Crippen LogP contribution in [-0.2, 0) is 43.3 Å². The van der Waals surface area contributed by atoms with Crippen molar-refractivity contribution < 1.29 is 25.8 Å². The summed E-state index contributed by atoms with van der Waals surface area (Å²) in [6, 6.07) is 40.2. The number of hydrogen-bond acceptors (Lipinski definition) is 6. The standard InChI is InChI=1S/C82H104O6P2/c1-27-79(19,20)59-47-63(81(23,24)29-3)73(87-89-83-65-37-33-31-35-57(65)58-36-32-34-38-66(58)84-89)67(49(59)5)68-50(6)60(80(21,22)28-2)48-64(82(25,26)30-4)74(68)88-90-85-71-61(77(13,14)15)45-51-43-53(75(7,8)9)39-41-55(51)69(71)70-56-42-40-54(76(10,11)12)44-52(56)46-62(72(70)86-90)78(16,17)18/h31-48H,27-30H2,1-26H3. The molecule has 10 rings (SSSR count). The van der Waals surface area contributed by atoms with Crippen LogP contribution >= 0.6 is 16.5 Å². The van der Waals surface area contributed by atoms with Gasteiger partial charge in [-0.15, -0.1) is 0 Å². The highest BCUT2D eigenvalue weighted by Gasteiger charge is 2.40. The van der Waals surface area contributed by atoms with E-state index in [2.05, 4.69) is 265 Å². The highest BCUT2D eigenvalue weighted by Crippen LogP contribution is 2.58. The highest BCUT2D eigenvalue weighted by atomic mass is 31.1. The quantitative estimate of drug-likeness (QED) is 0.115. The molecule has 0 bridgehead atoms. The van der Waals surface area contributed by atoms with Crippen molar-refractivity contribution in [2.24, 2.45) is 0 Å². The summed E-state index contributed by atoms with van der Waals surface area (Å²) >= 11 is 0. The first-order chi connectivity index (χ1) is 41.8. The van der Waals surface area contributed by atoms with E-state index >= 15 is 0 Å². The Morgan fingerprint density at radius 3 is 0.978 bits per heavy atom. The molecule has 0 saturated heterocycles. The monoisotopic (exact) mass is 1250 g/mol. The molecule has 0 aliphatic heterocycles. The molecule has 0 fully saturated rings. The summed E-state index contributed by atoms with van der Waals surface area (Å²) in [5.41, 5.74) is 14.5. The molecule has 10 aromatic rings. The second-order valence-corrected chi connectivity index (χ2v) is 34.7. The molecule has 90 heavy (non-hydrogen) atoms. The second kappa shape index (κ2) is 23.4. The van der Waals surface area contributed by atoms with Gasteiger partial charge in [-0.25, -0.2) is 0 Å². The molecule has 0 amide bonds. The Hall–Kier alpha value is -6.32. The summed E-state index contributed by atoms with van der Waals surface area (Å²) in [4.78, 5) is 0. The molecule has 2 aromatic heterocycles. The van der Waals surface area contributed by atoms with E-state index < -0.39 is 21.9 Å². The molecule has 0 N–H and O–H groups in total. The Bertz CT molecular complexity index is 4340. The fourth-order valence-electron chi connectivity index (χ4n) is 13.1. The van der Waals surface area contributed by atoms with Crippen LogP contribution < -0.4 is 9.05 Å². The van der Waals surface area contributed by atoms with Gasteiger partial charge >= 0.3 is 16.5 Å². The zero-order valence-electron chi connectivity index (χ0n) is 59.6. The molecule has 0 aliphatic rings. The fraction of sp³-hybridized carbons (Fsp3) is 0.463. The van der Waals surface area contributed by atoms with Crippen molar-refractivity contribution in [1.29, 1.82) is 0 Å². The maximum atomic E-state index is 8.25. The van der Waals surface area contributed by atoms with Crippen LogP contribution in [0.3, 0.4) is 0 Å². The lowest BCUT2D eigenvalue weighted by molar-refractivity contribution is 0.445. The zero-order valence-corrected chi connectivity index (χ0v) is 61.4. The van der Waals surface area contributed by atoms with Gasteiger partial charge in [-0.3, -0.25) is 0 Å². The van der Waals surface area contributed by atoms with Crippen LogP contribution in [0.5, 0.6) is 11.5 Å². The molecule has 2 heterocycles. The molecule has 0 saturated carbocycles. The minimum absolute atomic E-state index is 0.0739. The van der Waals surface area contributed by atoms with Crippen LogP contribution in [0.25, 0.3) is 76.5 Å². The van der Waals surface area contributed by atoms with E-state index in [0.717, 1.165) is 125 Å². The lowest BCUT2D eigenvalue weighted by atomic mass is 9.69. The van der Waals surface area contributed by atoms with Gasteiger partial charge < -0.3 is 25.8 Å². The number of fused-ring (bicyclic) bond motifs is 10. The van der Waals surface area contributed by atoms with Crippen molar-refractivity contribution in [2.45, 2.75) is 249 Å². The predicted octanol–water partition coefficient (Wildman–Crippen LogP) is 27.1. The van der Waals surface area contributed by atoms with Gasteiger partial charge in [0.25, 0.3) is 0 Å². The van der Waals surface area contributed by atoms with E-state index in [1.807, 2.05) is 24.3 Å². The molecule has 0 unspecified atom stereocenters. The van der Waals surface area contributed by atoms with Crippen LogP contribution in [0.15, 0.2) is 126 Å². The average molecular weight is 1250 g/mol. The number of benzene rings is 8. The molecule has 0 spiro atoms. The predicted molar refractivity (Wildman–Crippen MR) is 389 cm³/mol. The lowest BCUT2D eigenvalue weighted by Gasteiger charge is -2.36. The maximum absolute atomic E-state index is 8.25. The SMILES string of the molecule is CCC(C)(C)c1cc(C(C)(C)CC)c(Op2oc3ccccc3c3ccccc3o2)c(-c2c(C)c(C(C)(C)CC)cc(C(C)(C)CC)c2Op2oc3c(C(C)(C)C)cc4cc(C(C)(C)C)ccc4c3c3c(o2)c(C(C)(C)C)cc2cc(C(C)(C)C)ccc23)c1C. The number of rotatable bonds is 13. The molecule has 6 nitrogen and oxygen atoms in total. The highest BCUT2D eigenvalue weighted by molar-refractivity contribution is 7.32. The fourth-order valence-corrected chi connectivity index (χ4v) is 15.3. The second-order valence-electron chi connectivity index (χ2n) is 32.7. The summed E-state index contributed by atoms with van der Waals surface area (Å²) in [6.07, 6.45) is 3.52. The van der Waals surface area contributed by atoms with Crippen LogP contribution in [0.1, 0.15) is 247 Å². The van der Waals surface area contributed by atoms with Crippen LogP contribution in [-0.4, -0.2) is 0 Å². The summed E-state index contributed by atoms with van der Waals surface area (Å²) in [5.74, 6) is 1.47. The van der Waals surface area contributed by atoms with Gasteiger partial charge in [0.05, 0.1) is 0 Å². The lowest BCUT2D eigenvalue weighted by Crippen LogP contribution is -2.24. The summed E-state index contributed by atoms with van der Waals surface area (Å²) in [5, 5.41) is 8.57. The Labute approximate surface area is 541 Å². The van der Waals surface area contributed by atoms with Gasteiger partial charge in [0.2, 0.25) is 0 Å². The third-order valence-electron chi connectivity index (χ3n) is 20.6. The van der Waals surface area contributed by atoms with Crippen LogP contribution in [0.4, 0.5) is 0 Å². The van der Waals surface area contributed by atoms with Crippen LogP contribution in [0.2, 0.25) is 0 Å². The van der Waals surface area contributed by atoms with E-state index in [4.69, 9.17) is 25.8 Å². The van der Waals surface area contributed by atoms with Crippen molar-refractivity contribution in [3.63, 3.8) is 0 Å². The third kappa shape index (κ3) is 12.1. The summed E-state index contributed by atoms with van der Waals surface area (Å²) in [6.45, 7) is 60.5. The summed E-state index contributed by atoms with van der Waals surface area (Å²) < 4.78 is 46.1. The zero-order chi connectivity index (χ0) is 66.0. The van der Waals surface area contributed by atoms with Gasteiger partial charge in [0, 0.05) is 54.9 Å². The Morgan fingerprint density at radius 1 is 0.333 bits per heavy atom. The Kier molecular flexibility index (Phi) is 17.3. The van der Waals surface area contributed by atoms with E-state index in [0.29, 0.717) is 11.2 Å². The van der Waals surface area contributed by atoms with E-state index in [1.54, 1.807) is 0 Å². The first-order valence-corrected chi connectivity index (χ1v) is 35.4. The van der Waals surface area contributed by atoms with Gasteiger partial charge in [0.15, 0.2) is 0 Å². The normalized spacial score (nSPS) is 13.4. The largest absolute Gasteiger partial charge is 0.453 e. The maximum Gasteiger partial charge on any atom is 0.453 e. The van der Waals surface area contributed by atoms with Gasteiger partial charge in [-0.05, 0) is 162 Å². The Morgan fingerprint density at radius 2 is 0.656 bits per heavy atom. The van der Waals surface area contributed by atoms with Crippen molar-refractivity contribution in [3.8, 4) is 22.6 Å². The first kappa shape index (κ1) is 66.6. The smallest absolute Gasteiger partial charge is 0.390 e. The third-order valence-corrected chi connectivity index (χ3v) is 22.7. The number of para-hydroxylation sites is 2. The molecule has 478 valence electrons. The Balaban J connectivity index is 1.47. The topological polar surface area (TPSA) is 71.0 Å². The van der Waals surface area contributed by atoms with E-state index in [-0.39, 0.29) is 37.9 Å². The van der Waals surface area contributed by atoms with Crippen molar-refractivity contribution >= 4 is 81.9 Å². The summed E-state index contributed by atoms with van der Waals surface area (Å²) in [7, 11) is -4.42. The van der Waals surface area contributed by atoms with Crippen molar-refractivity contribution in [2.75, 3.05) is 0 Å². The van der Waals surface area contributed by atoms with Crippen molar-refractivity contribution in [1.82, 2.24) is 0 Å². The molecule has 8 heteroatoms. The molecular formula is C82H104O6P2. The van der Waals surface area contributed by atoms with E-state index in [1.165, 1.54) is 33.0 Å². The molecule has 8 aromatic carbocycles. The van der Waals surface area contributed by atoms with Gasteiger partial charge in [0.1, 0.15) is 33.8 Å². The van der Waals surface area contributed by atoms with E-state index in [9.17, 15) is 0 Å². The average Bonchev–Trinajstić information content (AvgIpc) is 1.13. The van der Waals surface area contributed by atoms with Crippen molar-refractivity contribution in [3.05, 3.63) is 165 Å². The van der Waals surface area contributed by atoms with Gasteiger partial charge in [-0.2, -0.15) is 0 Å². The van der Waals surface area contributed by atoms with Crippen LogP contribution in [0, 0.1) is 13.8 Å². The molecule has 0 atom stereocenters. The minimum atomic E-state index is -2.31. The number of hydrogen-bond donors (Lipinski definition) is 0. The molecule has 0 radical (unpaired) electrons. The van der Waals surface area contributed by atoms with Gasteiger partial charge in [-0.1, -0.05) is 251 Å². The molecular weight excluding hydrogens is 1140 g/mol.